The van der Waals surface area contributed by atoms with Gasteiger partial charge in [-0.2, -0.15) is 0 Å². The Bertz CT molecular complexity index is 1710. The van der Waals surface area contributed by atoms with Crippen molar-refractivity contribution in [1.82, 2.24) is 0 Å². The van der Waals surface area contributed by atoms with Gasteiger partial charge in [-0.3, -0.25) is 0 Å². The van der Waals surface area contributed by atoms with Crippen molar-refractivity contribution < 1.29 is 13.9 Å². The molecule has 6 aromatic rings. The van der Waals surface area contributed by atoms with E-state index in [0.29, 0.717) is 12.2 Å². The van der Waals surface area contributed by atoms with Crippen LogP contribution in [0.15, 0.2) is 152 Å². The third kappa shape index (κ3) is 5.64. The first-order valence-electron chi connectivity index (χ1n) is 13.2. The Kier molecular flexibility index (Phi) is 7.36. The van der Waals surface area contributed by atoms with Crippen molar-refractivity contribution in [3.8, 4) is 50.6 Å². The summed E-state index contributed by atoms with van der Waals surface area (Å²) in [6.45, 7) is 0.509. The van der Waals surface area contributed by atoms with Crippen LogP contribution in [0.25, 0.3) is 33.4 Å². The number of rotatable bonds is 8. The first-order chi connectivity index (χ1) is 19.7. The maximum absolute atomic E-state index is 14.7. The van der Waals surface area contributed by atoms with Crippen LogP contribution >= 0.6 is 0 Å². The zero-order chi connectivity index (χ0) is 27.1. The van der Waals surface area contributed by atoms with Crippen molar-refractivity contribution in [3.63, 3.8) is 0 Å². The number of halogens is 1. The van der Waals surface area contributed by atoms with E-state index in [4.69, 9.17) is 9.47 Å². The second-order valence-corrected chi connectivity index (χ2v) is 9.45. The molecular weight excluding hydrogens is 495 g/mol. The lowest BCUT2D eigenvalue weighted by atomic mass is 9.91. The molecule has 0 amide bonds. The van der Waals surface area contributed by atoms with Gasteiger partial charge in [-0.25, -0.2) is 4.39 Å². The normalized spacial score (nSPS) is 10.7. The van der Waals surface area contributed by atoms with E-state index in [9.17, 15) is 4.39 Å². The molecule has 0 aliphatic carbocycles. The van der Waals surface area contributed by atoms with Crippen LogP contribution in [0.5, 0.6) is 17.2 Å². The molecule has 0 aromatic heterocycles. The van der Waals surface area contributed by atoms with Crippen LogP contribution in [0, 0.1) is 5.82 Å². The van der Waals surface area contributed by atoms with Gasteiger partial charge in [0, 0.05) is 11.1 Å². The van der Waals surface area contributed by atoms with Gasteiger partial charge in [0.25, 0.3) is 0 Å². The van der Waals surface area contributed by atoms with E-state index in [1.165, 1.54) is 6.07 Å². The first-order valence-corrected chi connectivity index (χ1v) is 13.2. The van der Waals surface area contributed by atoms with Crippen LogP contribution in [-0.4, -0.2) is 0 Å². The predicted octanol–water partition coefficient (Wildman–Crippen LogP) is 10.2. The van der Waals surface area contributed by atoms with Crippen LogP contribution in [0.2, 0.25) is 0 Å². The van der Waals surface area contributed by atoms with Crippen molar-refractivity contribution in [2.75, 3.05) is 0 Å². The summed E-state index contributed by atoms with van der Waals surface area (Å²) in [5.74, 6) is 2.02. The van der Waals surface area contributed by atoms with Gasteiger partial charge in [-0.1, -0.05) is 109 Å². The van der Waals surface area contributed by atoms with Crippen LogP contribution in [0.1, 0.15) is 5.56 Å². The standard InChI is InChI=1S/C37H27FO2/c38-35-19-8-7-17-33(35)29-13-9-14-30(25-29)37-34(18-10-20-36(37)40-32-15-5-2-6-16-32)28-21-23-31(24-22-28)39-26-27-11-3-1-4-12-27/h1-25H,26H2. The minimum absolute atomic E-state index is 0.250. The van der Waals surface area contributed by atoms with Crippen molar-refractivity contribution in [2.24, 2.45) is 0 Å². The van der Waals surface area contributed by atoms with Crippen LogP contribution in [-0.2, 0) is 6.61 Å². The molecule has 0 saturated heterocycles. The molecule has 0 aliphatic rings. The molecule has 0 atom stereocenters. The van der Waals surface area contributed by atoms with Gasteiger partial charge in [0.1, 0.15) is 29.7 Å². The zero-order valence-electron chi connectivity index (χ0n) is 21.8. The first kappa shape index (κ1) is 25.1. The third-order valence-electron chi connectivity index (χ3n) is 6.75. The van der Waals surface area contributed by atoms with Crippen LogP contribution < -0.4 is 9.47 Å². The molecule has 6 rings (SSSR count). The predicted molar refractivity (Wildman–Crippen MR) is 160 cm³/mol. The quantitative estimate of drug-likeness (QED) is 0.198. The van der Waals surface area contributed by atoms with Gasteiger partial charge in [0.2, 0.25) is 0 Å². The molecule has 0 fully saturated rings. The molecule has 40 heavy (non-hydrogen) atoms. The van der Waals surface area contributed by atoms with E-state index >= 15 is 0 Å². The van der Waals surface area contributed by atoms with Gasteiger partial charge in [-0.05, 0) is 70.3 Å². The summed E-state index contributed by atoms with van der Waals surface area (Å²) in [7, 11) is 0. The van der Waals surface area contributed by atoms with E-state index in [1.807, 2.05) is 115 Å². The largest absolute Gasteiger partial charge is 0.489 e. The van der Waals surface area contributed by atoms with Gasteiger partial charge in [-0.15, -0.1) is 0 Å². The smallest absolute Gasteiger partial charge is 0.135 e. The van der Waals surface area contributed by atoms with Crippen molar-refractivity contribution >= 4 is 0 Å². The Labute approximate surface area is 233 Å². The average molecular weight is 523 g/mol. The zero-order valence-corrected chi connectivity index (χ0v) is 21.8. The molecule has 0 heterocycles. The summed E-state index contributed by atoms with van der Waals surface area (Å²) in [5, 5.41) is 0. The highest BCUT2D eigenvalue weighted by atomic mass is 19.1. The lowest BCUT2D eigenvalue weighted by molar-refractivity contribution is 0.306. The van der Waals surface area contributed by atoms with Gasteiger partial charge >= 0.3 is 0 Å². The van der Waals surface area contributed by atoms with Crippen LogP contribution in [0.3, 0.4) is 0 Å². The topological polar surface area (TPSA) is 18.5 Å². The Morgan fingerprint density at radius 1 is 0.475 bits per heavy atom. The molecule has 0 N–H and O–H groups in total. The molecule has 194 valence electrons. The Morgan fingerprint density at radius 2 is 1.12 bits per heavy atom. The Hall–Kier alpha value is -5.15. The fourth-order valence-corrected chi connectivity index (χ4v) is 4.78. The van der Waals surface area contributed by atoms with E-state index in [2.05, 4.69) is 18.2 Å². The fourth-order valence-electron chi connectivity index (χ4n) is 4.78. The summed E-state index contributed by atoms with van der Waals surface area (Å²) >= 11 is 0. The van der Waals surface area contributed by atoms with Crippen molar-refractivity contribution in [1.29, 1.82) is 0 Å². The van der Waals surface area contributed by atoms with Gasteiger partial charge in [0.05, 0.1) is 0 Å². The number of benzene rings is 6. The summed E-state index contributed by atoms with van der Waals surface area (Å²) in [5.41, 5.74) is 6.39. The summed E-state index contributed by atoms with van der Waals surface area (Å²) in [6, 6.07) is 48.8. The van der Waals surface area contributed by atoms with E-state index in [-0.39, 0.29) is 5.82 Å². The average Bonchev–Trinajstić information content (AvgIpc) is 3.01. The lowest BCUT2D eigenvalue weighted by Gasteiger charge is -2.17. The van der Waals surface area contributed by atoms with E-state index in [0.717, 1.165) is 50.6 Å². The number of hydrogen-bond donors (Lipinski definition) is 0. The molecule has 6 aromatic carbocycles. The SMILES string of the molecule is Fc1ccccc1-c1cccc(-c2c(Oc3ccccc3)cccc2-c2ccc(OCc3ccccc3)cc2)c1. The molecule has 0 spiro atoms. The minimum atomic E-state index is -0.250. The molecule has 0 radical (unpaired) electrons. The van der Waals surface area contributed by atoms with Crippen molar-refractivity contribution in [3.05, 3.63) is 163 Å². The van der Waals surface area contributed by atoms with E-state index in [1.54, 1.807) is 12.1 Å². The number of hydrogen-bond acceptors (Lipinski definition) is 2. The van der Waals surface area contributed by atoms with E-state index < -0.39 is 0 Å². The number of ether oxygens (including phenoxy) is 2. The van der Waals surface area contributed by atoms with Crippen LogP contribution in [0.4, 0.5) is 4.39 Å². The maximum atomic E-state index is 14.7. The van der Waals surface area contributed by atoms with Gasteiger partial charge < -0.3 is 9.47 Å². The molecule has 0 saturated carbocycles. The summed E-state index contributed by atoms with van der Waals surface area (Å²) < 4.78 is 27.1. The molecular formula is C37H27FO2. The molecule has 0 aliphatic heterocycles. The second kappa shape index (κ2) is 11.7. The third-order valence-corrected chi connectivity index (χ3v) is 6.75. The minimum Gasteiger partial charge on any atom is -0.489 e. The fraction of sp³-hybridized carbons (Fsp3) is 0.0270. The molecule has 0 unspecified atom stereocenters. The highest BCUT2D eigenvalue weighted by molar-refractivity contribution is 5.89. The Balaban J connectivity index is 1.40. The maximum Gasteiger partial charge on any atom is 0.135 e. The van der Waals surface area contributed by atoms with Crippen molar-refractivity contribution in [2.45, 2.75) is 6.61 Å². The second-order valence-electron chi connectivity index (χ2n) is 9.45. The Morgan fingerprint density at radius 3 is 1.90 bits per heavy atom. The highest BCUT2D eigenvalue weighted by Gasteiger charge is 2.16. The summed E-state index contributed by atoms with van der Waals surface area (Å²) in [4.78, 5) is 0. The number of para-hydroxylation sites is 1. The molecule has 2 nitrogen and oxygen atoms in total. The molecule has 3 heteroatoms. The van der Waals surface area contributed by atoms with Gasteiger partial charge in [0.15, 0.2) is 0 Å². The summed E-state index contributed by atoms with van der Waals surface area (Å²) in [6.07, 6.45) is 0. The highest BCUT2D eigenvalue weighted by Crippen LogP contribution is 2.42. The lowest BCUT2D eigenvalue weighted by Crippen LogP contribution is -1.95. The monoisotopic (exact) mass is 522 g/mol. The molecule has 0 bridgehead atoms.